The highest BCUT2D eigenvalue weighted by Gasteiger charge is 2.44. The highest BCUT2D eigenvalue weighted by molar-refractivity contribution is 7.10. The normalized spacial score (nSPS) is 20.2. The number of ketones is 1. The van der Waals surface area contributed by atoms with Crippen LogP contribution in [0.4, 0.5) is 0 Å². The largest absolute Gasteiger partial charge is 0.872 e. The maximum absolute atomic E-state index is 13.4. The number of likely N-dealkylation sites (tertiary alicyclic amines) is 1. The number of hydrogen-bond acceptors (Lipinski definition) is 6. The van der Waals surface area contributed by atoms with Gasteiger partial charge in [0.2, 0.25) is 5.78 Å². The number of benzene rings is 1. The van der Waals surface area contributed by atoms with Crippen molar-refractivity contribution in [1.29, 1.82) is 0 Å². The molecule has 8 heteroatoms. The van der Waals surface area contributed by atoms with Crippen molar-refractivity contribution in [3.05, 3.63) is 51.7 Å². The van der Waals surface area contributed by atoms with E-state index in [0.29, 0.717) is 36.8 Å². The van der Waals surface area contributed by atoms with Crippen molar-refractivity contribution in [3.63, 3.8) is 0 Å². The van der Waals surface area contributed by atoms with Gasteiger partial charge in [-0.05, 0) is 29.1 Å². The minimum absolute atomic E-state index is 0.0105. The van der Waals surface area contributed by atoms with Gasteiger partial charge in [0, 0.05) is 23.4 Å². The van der Waals surface area contributed by atoms with E-state index in [0.717, 1.165) is 17.8 Å². The van der Waals surface area contributed by atoms with Crippen LogP contribution >= 0.6 is 11.3 Å². The predicted molar refractivity (Wildman–Crippen MR) is 110 cm³/mol. The van der Waals surface area contributed by atoms with E-state index in [1.54, 1.807) is 23.1 Å². The fourth-order valence-electron chi connectivity index (χ4n) is 3.79. The van der Waals surface area contributed by atoms with Gasteiger partial charge in [-0.2, -0.15) is 0 Å². The predicted octanol–water partition coefficient (Wildman–Crippen LogP) is 0.278. The van der Waals surface area contributed by atoms with E-state index in [1.165, 1.54) is 16.2 Å². The van der Waals surface area contributed by atoms with Crippen molar-refractivity contribution in [2.45, 2.75) is 12.5 Å². The Labute approximate surface area is 179 Å². The van der Waals surface area contributed by atoms with Crippen LogP contribution in [0.1, 0.15) is 22.9 Å². The van der Waals surface area contributed by atoms with Gasteiger partial charge in [0.05, 0.1) is 26.7 Å². The molecule has 1 unspecified atom stereocenters. The van der Waals surface area contributed by atoms with E-state index >= 15 is 0 Å². The minimum atomic E-state index is -0.717. The van der Waals surface area contributed by atoms with Crippen molar-refractivity contribution in [1.82, 2.24) is 4.90 Å². The quantitative estimate of drug-likeness (QED) is 0.406. The van der Waals surface area contributed by atoms with Gasteiger partial charge in [-0.25, -0.2) is 0 Å². The average molecular weight is 429 g/mol. The van der Waals surface area contributed by atoms with Crippen molar-refractivity contribution in [3.8, 4) is 11.5 Å². The maximum atomic E-state index is 13.4. The summed E-state index contributed by atoms with van der Waals surface area (Å²) in [5, 5.41) is 15.3. The molecule has 7 nitrogen and oxygen atoms in total. The molecule has 0 saturated carbocycles. The summed E-state index contributed by atoms with van der Waals surface area (Å²) in [4.78, 5) is 29.4. The molecule has 158 valence electrons. The number of carbonyl (C=O) groups excluding carboxylic acids is 2. The summed E-state index contributed by atoms with van der Waals surface area (Å²) in [6, 6.07) is 7.95. The first-order valence-corrected chi connectivity index (χ1v) is 10.8. The van der Waals surface area contributed by atoms with Crippen LogP contribution in [0.25, 0.3) is 5.76 Å². The highest BCUT2D eigenvalue weighted by Crippen LogP contribution is 2.41. The highest BCUT2D eigenvalue weighted by atomic mass is 32.1. The lowest BCUT2D eigenvalue weighted by Crippen LogP contribution is -3.05. The number of nitrogens with zero attached hydrogens (tertiary/aromatic N) is 1. The number of amides is 1. The Morgan fingerprint density at radius 2 is 1.97 bits per heavy atom. The van der Waals surface area contributed by atoms with Gasteiger partial charge in [-0.15, -0.1) is 11.3 Å². The zero-order valence-electron chi connectivity index (χ0n) is 17.0. The molecule has 2 aliphatic rings. The van der Waals surface area contributed by atoms with Crippen LogP contribution in [0.15, 0.2) is 41.3 Å². The zero-order chi connectivity index (χ0) is 21.3. The summed E-state index contributed by atoms with van der Waals surface area (Å²) in [5.74, 6) is -0.722. The lowest BCUT2D eigenvalue weighted by Gasteiger charge is -2.27. The van der Waals surface area contributed by atoms with Crippen LogP contribution in [0, 0.1) is 0 Å². The van der Waals surface area contributed by atoms with Gasteiger partial charge in [-0.3, -0.25) is 9.59 Å². The molecule has 3 heterocycles. The molecule has 0 bridgehead atoms. The maximum Gasteiger partial charge on any atom is 0.295 e. The lowest BCUT2D eigenvalue weighted by atomic mass is 9.99. The molecule has 1 saturated heterocycles. The topological polar surface area (TPSA) is 83.3 Å². The van der Waals surface area contributed by atoms with Crippen LogP contribution < -0.4 is 19.5 Å². The second kappa shape index (κ2) is 8.49. The average Bonchev–Trinajstić information content (AvgIpc) is 3.35. The first kappa shape index (κ1) is 20.4. The van der Waals surface area contributed by atoms with Crippen molar-refractivity contribution in [2.24, 2.45) is 0 Å². The molecular formula is C22H24N2O5S. The molecule has 0 aliphatic carbocycles. The van der Waals surface area contributed by atoms with E-state index in [-0.39, 0.29) is 5.57 Å². The molecule has 1 aromatic heterocycles. The van der Waals surface area contributed by atoms with Gasteiger partial charge in [0.15, 0.2) is 11.5 Å². The Kier molecular flexibility index (Phi) is 5.78. The fraction of sp³-hybridized carbons (Fsp3) is 0.364. The molecule has 0 spiro atoms. The van der Waals surface area contributed by atoms with E-state index in [9.17, 15) is 14.7 Å². The van der Waals surface area contributed by atoms with Gasteiger partial charge in [0.25, 0.3) is 5.91 Å². The van der Waals surface area contributed by atoms with Crippen LogP contribution in [0.2, 0.25) is 0 Å². The molecule has 4 rings (SSSR count). The van der Waals surface area contributed by atoms with Crippen LogP contribution in [-0.4, -0.2) is 57.0 Å². The van der Waals surface area contributed by atoms with Crippen molar-refractivity contribution >= 4 is 28.8 Å². The van der Waals surface area contributed by atoms with Crippen molar-refractivity contribution < 1.29 is 29.1 Å². The minimum Gasteiger partial charge on any atom is -0.872 e. The van der Waals surface area contributed by atoms with Gasteiger partial charge < -0.3 is 24.4 Å². The number of rotatable bonds is 6. The number of quaternary nitrogens is 1. The summed E-state index contributed by atoms with van der Waals surface area (Å²) in [6.07, 6.45) is 0.745. The SMILES string of the molecule is C[NH+](C)CCCN1C(=O)C(=O)/C(=C(/[O-])c2ccc3c(c2)OCCO3)C1c1cccs1. The molecule has 30 heavy (non-hydrogen) atoms. The first-order chi connectivity index (χ1) is 14.5. The monoisotopic (exact) mass is 428 g/mol. The Balaban J connectivity index is 1.74. The number of Topliss-reactive ketones (excluding diaryl/α,β-unsaturated/α-hetero) is 1. The van der Waals surface area contributed by atoms with Crippen LogP contribution in [0.5, 0.6) is 11.5 Å². The Morgan fingerprint density at radius 3 is 2.67 bits per heavy atom. The number of nitrogens with one attached hydrogen (secondary N) is 1. The summed E-state index contributed by atoms with van der Waals surface area (Å²) in [5.41, 5.74) is 0.327. The second-order valence-corrected chi connectivity index (χ2v) is 8.64. The number of thiophene rings is 1. The van der Waals surface area contributed by atoms with Gasteiger partial charge >= 0.3 is 0 Å². The first-order valence-electron chi connectivity index (χ1n) is 9.96. The summed E-state index contributed by atoms with van der Waals surface area (Å²) < 4.78 is 11.1. The lowest BCUT2D eigenvalue weighted by molar-refractivity contribution is -0.858. The van der Waals surface area contributed by atoms with E-state index in [1.807, 2.05) is 31.6 Å². The smallest absolute Gasteiger partial charge is 0.295 e. The number of carbonyl (C=O) groups is 2. The van der Waals surface area contributed by atoms with E-state index in [2.05, 4.69) is 0 Å². The van der Waals surface area contributed by atoms with Crippen LogP contribution in [0.3, 0.4) is 0 Å². The molecule has 1 N–H and O–H groups in total. The number of ether oxygens (including phenoxy) is 2. The summed E-state index contributed by atoms with van der Waals surface area (Å²) in [6.45, 7) is 2.14. The molecule has 0 radical (unpaired) electrons. The zero-order valence-corrected chi connectivity index (χ0v) is 17.8. The summed E-state index contributed by atoms with van der Waals surface area (Å²) in [7, 11) is 4.08. The van der Waals surface area contributed by atoms with Gasteiger partial charge in [0.1, 0.15) is 13.2 Å². The Morgan fingerprint density at radius 1 is 1.20 bits per heavy atom. The molecular weight excluding hydrogens is 404 g/mol. The third-order valence-corrected chi connectivity index (χ3v) is 6.15. The molecule has 1 fully saturated rings. The van der Waals surface area contributed by atoms with Crippen LogP contribution in [-0.2, 0) is 9.59 Å². The number of hydrogen-bond donors (Lipinski definition) is 1. The standard InChI is InChI=1S/C22H24N2O5S/c1-23(2)8-4-9-24-19(17-5-3-12-30-17)18(21(26)22(24)27)20(25)14-6-7-15-16(13-14)29-11-10-28-15/h3,5-7,12-13,19,25H,4,8-11H2,1-2H3/b20-18+. The third-order valence-electron chi connectivity index (χ3n) is 5.22. The molecule has 2 aliphatic heterocycles. The molecule has 1 amide bonds. The van der Waals surface area contributed by atoms with E-state index in [4.69, 9.17) is 9.47 Å². The second-order valence-electron chi connectivity index (χ2n) is 7.66. The third kappa shape index (κ3) is 3.80. The van der Waals surface area contributed by atoms with E-state index < -0.39 is 23.5 Å². The Hall–Kier alpha value is -2.84. The molecule has 1 atom stereocenters. The summed E-state index contributed by atoms with van der Waals surface area (Å²) >= 11 is 1.44. The molecule has 1 aromatic carbocycles. The molecule has 2 aromatic rings. The fourth-order valence-corrected chi connectivity index (χ4v) is 4.63. The number of fused-ring (bicyclic) bond motifs is 1. The van der Waals surface area contributed by atoms with Crippen molar-refractivity contribution in [2.75, 3.05) is 40.4 Å². The van der Waals surface area contributed by atoms with Gasteiger partial charge in [-0.1, -0.05) is 17.9 Å². The Bertz CT molecular complexity index is 983.